The molecule has 1 aliphatic heterocycles. The Morgan fingerprint density at radius 1 is 1.26 bits per heavy atom. The maximum atomic E-state index is 13.2. The van der Waals surface area contributed by atoms with E-state index >= 15 is 0 Å². The monoisotopic (exact) mass is 495 g/mol. The molecule has 4 atom stereocenters. The van der Waals surface area contributed by atoms with Crippen LogP contribution in [-0.4, -0.2) is 69.1 Å². The molecule has 0 radical (unpaired) electrons. The summed E-state index contributed by atoms with van der Waals surface area (Å²) in [6.07, 6.45) is 1.24. The molecule has 0 saturated carbocycles. The Kier molecular flexibility index (Phi) is 6.29. The van der Waals surface area contributed by atoms with E-state index in [9.17, 15) is 22.3 Å². The summed E-state index contributed by atoms with van der Waals surface area (Å²) < 4.78 is 53.5. The summed E-state index contributed by atoms with van der Waals surface area (Å²) in [6, 6.07) is 4.14. The van der Waals surface area contributed by atoms with Crippen molar-refractivity contribution in [1.82, 2.24) is 29.3 Å². The van der Waals surface area contributed by atoms with Gasteiger partial charge < -0.3 is 10.0 Å². The zero-order valence-electron chi connectivity index (χ0n) is 19.2. The minimum atomic E-state index is -3.44. The average Bonchev–Trinajstić information content (AvgIpc) is 3.18. The van der Waals surface area contributed by atoms with Gasteiger partial charge in [0.05, 0.1) is 23.7 Å². The number of alkyl halides is 2. The summed E-state index contributed by atoms with van der Waals surface area (Å²) in [5, 5.41) is 15.1. The highest BCUT2D eigenvalue weighted by Crippen LogP contribution is 2.38. The maximum absolute atomic E-state index is 13.2. The van der Waals surface area contributed by atoms with Gasteiger partial charge in [0.1, 0.15) is 23.5 Å². The first-order chi connectivity index (χ1) is 15.9. The van der Waals surface area contributed by atoms with E-state index in [2.05, 4.69) is 24.8 Å². The number of hydrogen-bond acceptors (Lipinski definition) is 8. The maximum Gasteiger partial charge on any atom is 0.282 e. The van der Waals surface area contributed by atoms with Gasteiger partial charge in [0.25, 0.3) is 6.43 Å². The van der Waals surface area contributed by atoms with Gasteiger partial charge in [0, 0.05) is 37.0 Å². The van der Waals surface area contributed by atoms with E-state index < -0.39 is 28.0 Å². The molecule has 3 aromatic heterocycles. The Morgan fingerprint density at radius 2 is 2.00 bits per heavy atom. The van der Waals surface area contributed by atoms with Crippen molar-refractivity contribution >= 4 is 21.5 Å². The molecule has 13 heteroatoms. The predicted octanol–water partition coefficient (Wildman–Crippen LogP) is 1.88. The number of sulfonamides is 1. The van der Waals surface area contributed by atoms with E-state index in [-0.39, 0.29) is 24.2 Å². The van der Waals surface area contributed by atoms with E-state index in [4.69, 9.17) is 0 Å². The molecule has 1 aliphatic rings. The summed E-state index contributed by atoms with van der Waals surface area (Å²) in [5.74, 6) is -0.0563. The van der Waals surface area contributed by atoms with Gasteiger partial charge in [-0.25, -0.2) is 41.4 Å². The second kappa shape index (κ2) is 8.78. The van der Waals surface area contributed by atoms with Gasteiger partial charge in [-0.3, -0.25) is 0 Å². The smallest absolute Gasteiger partial charge is 0.282 e. The molecule has 0 bridgehead atoms. The Morgan fingerprint density at radius 3 is 2.68 bits per heavy atom. The average molecular weight is 496 g/mol. The first-order valence-corrected chi connectivity index (χ1v) is 12.7. The van der Waals surface area contributed by atoms with Crippen LogP contribution in [-0.2, 0) is 10.0 Å². The number of nitrogens with one attached hydrogen (secondary N) is 1. The van der Waals surface area contributed by atoms with Gasteiger partial charge in [0.15, 0.2) is 5.65 Å². The summed E-state index contributed by atoms with van der Waals surface area (Å²) in [7, 11) is -3.44. The van der Waals surface area contributed by atoms with E-state index in [0.717, 1.165) is 6.26 Å². The van der Waals surface area contributed by atoms with Crippen LogP contribution in [0.4, 0.5) is 14.6 Å². The molecule has 3 aromatic rings. The normalized spacial score (nSPS) is 25.9. The first kappa shape index (κ1) is 24.4. The van der Waals surface area contributed by atoms with Crippen molar-refractivity contribution in [3.8, 4) is 11.4 Å². The van der Waals surface area contributed by atoms with Crippen LogP contribution in [0.5, 0.6) is 0 Å². The number of hydrogen-bond donors (Lipinski definition) is 2. The molecule has 1 fully saturated rings. The highest BCUT2D eigenvalue weighted by Gasteiger charge is 2.47. The van der Waals surface area contributed by atoms with Crippen molar-refractivity contribution in [3.05, 3.63) is 36.4 Å². The number of anilines is 1. The quantitative estimate of drug-likeness (QED) is 0.531. The zero-order valence-corrected chi connectivity index (χ0v) is 20.0. The minimum Gasteiger partial charge on any atom is -0.389 e. The number of imidazole rings is 1. The molecule has 0 amide bonds. The van der Waals surface area contributed by atoms with Gasteiger partial charge >= 0.3 is 0 Å². The molecule has 4 rings (SSSR count). The number of aromatic nitrogens is 5. The fourth-order valence-corrected chi connectivity index (χ4v) is 4.94. The van der Waals surface area contributed by atoms with Crippen molar-refractivity contribution in [2.45, 2.75) is 38.8 Å². The number of fused-ring (bicyclic) bond motifs is 1. The molecular formula is C21H27F2N7O3S. The second-order valence-corrected chi connectivity index (χ2v) is 10.8. The van der Waals surface area contributed by atoms with Crippen LogP contribution in [0.3, 0.4) is 0 Å². The van der Waals surface area contributed by atoms with E-state index in [0.29, 0.717) is 29.4 Å². The van der Waals surface area contributed by atoms with Gasteiger partial charge in [-0.2, -0.15) is 5.10 Å². The highest BCUT2D eigenvalue weighted by atomic mass is 32.2. The molecule has 4 heterocycles. The van der Waals surface area contributed by atoms with Gasteiger partial charge in [0.2, 0.25) is 10.0 Å². The number of rotatable bonds is 6. The van der Waals surface area contributed by atoms with Crippen LogP contribution >= 0.6 is 0 Å². The number of piperidine rings is 1. The standard InChI is InChI=1S/C21H27F2N7O3S/c1-12-10-29(13(2)14(21(12,3)31)8-27-34(4,32)33)19-7-16(25-11-26-19)17-9-24-18-6-5-15(20(22)23)28-30(17)18/h5-7,9,11-14,20,27,31H,8,10H2,1-4H3/t12-,13?,14?,21?/m0/s1. The SMILES string of the molecule is CC1C(CNS(C)(=O)=O)C(C)(O)[C@@H](C)CN1c1cc(-c2cnc3ccc(C(F)F)nn23)ncn1. The van der Waals surface area contributed by atoms with Crippen molar-refractivity contribution in [3.63, 3.8) is 0 Å². The second-order valence-electron chi connectivity index (χ2n) is 8.98. The summed E-state index contributed by atoms with van der Waals surface area (Å²) >= 11 is 0. The third-order valence-corrected chi connectivity index (χ3v) is 7.37. The number of halogens is 2. The molecule has 1 saturated heterocycles. The number of aliphatic hydroxyl groups is 1. The highest BCUT2D eigenvalue weighted by molar-refractivity contribution is 7.88. The molecule has 2 N–H and O–H groups in total. The Bertz CT molecular complexity index is 1300. The van der Waals surface area contributed by atoms with Crippen LogP contribution in [0.2, 0.25) is 0 Å². The van der Waals surface area contributed by atoms with Crippen LogP contribution in [0.25, 0.3) is 17.0 Å². The topological polar surface area (TPSA) is 126 Å². The molecule has 3 unspecified atom stereocenters. The lowest BCUT2D eigenvalue weighted by Gasteiger charge is -2.51. The third-order valence-electron chi connectivity index (χ3n) is 6.67. The predicted molar refractivity (Wildman–Crippen MR) is 122 cm³/mol. The largest absolute Gasteiger partial charge is 0.389 e. The van der Waals surface area contributed by atoms with Crippen molar-refractivity contribution in [2.75, 3.05) is 24.2 Å². The lowest BCUT2D eigenvalue weighted by molar-refractivity contribution is -0.0682. The zero-order chi connectivity index (χ0) is 24.8. The Labute approximate surface area is 196 Å². The van der Waals surface area contributed by atoms with Crippen LogP contribution in [0.15, 0.2) is 30.7 Å². The molecule has 184 valence electrons. The Hall–Kier alpha value is -2.77. The summed E-state index contributed by atoms with van der Waals surface area (Å²) in [4.78, 5) is 14.9. The molecule has 34 heavy (non-hydrogen) atoms. The van der Waals surface area contributed by atoms with Crippen molar-refractivity contribution in [2.24, 2.45) is 11.8 Å². The lowest BCUT2D eigenvalue weighted by Crippen LogP contribution is -2.63. The van der Waals surface area contributed by atoms with Crippen LogP contribution in [0, 0.1) is 11.8 Å². The molecular weight excluding hydrogens is 468 g/mol. The van der Waals surface area contributed by atoms with E-state index in [1.165, 1.54) is 29.2 Å². The summed E-state index contributed by atoms with van der Waals surface area (Å²) in [5.41, 5.74) is -0.202. The molecule has 10 nitrogen and oxygen atoms in total. The van der Waals surface area contributed by atoms with Gasteiger partial charge in [-0.1, -0.05) is 6.92 Å². The fourth-order valence-electron chi connectivity index (χ4n) is 4.46. The van der Waals surface area contributed by atoms with Gasteiger partial charge in [-0.15, -0.1) is 0 Å². The lowest BCUT2D eigenvalue weighted by atomic mass is 9.71. The van der Waals surface area contributed by atoms with Crippen molar-refractivity contribution in [1.29, 1.82) is 0 Å². The first-order valence-electron chi connectivity index (χ1n) is 10.8. The minimum absolute atomic E-state index is 0.0688. The number of nitrogens with zero attached hydrogens (tertiary/aromatic N) is 6. The van der Waals surface area contributed by atoms with Crippen molar-refractivity contribution < 1.29 is 22.3 Å². The third kappa shape index (κ3) is 4.59. The van der Waals surface area contributed by atoms with Crippen LogP contribution < -0.4 is 9.62 Å². The fraction of sp³-hybridized carbons (Fsp3) is 0.524. The van der Waals surface area contributed by atoms with Gasteiger partial charge in [-0.05, 0) is 26.0 Å². The summed E-state index contributed by atoms with van der Waals surface area (Å²) in [6.45, 7) is 6.06. The van der Waals surface area contributed by atoms with E-state index in [1.807, 2.05) is 18.7 Å². The molecule has 0 aliphatic carbocycles. The molecule has 0 spiro atoms. The molecule has 0 aromatic carbocycles. The van der Waals surface area contributed by atoms with Crippen LogP contribution in [0.1, 0.15) is 32.9 Å². The van der Waals surface area contributed by atoms with E-state index in [1.54, 1.807) is 13.0 Å². The Balaban J connectivity index is 1.70.